The van der Waals surface area contributed by atoms with Gasteiger partial charge >= 0.3 is 0 Å². The Labute approximate surface area is 195 Å². The van der Waals surface area contributed by atoms with Crippen molar-refractivity contribution in [1.82, 2.24) is 19.7 Å². The lowest BCUT2D eigenvalue weighted by atomic mass is 9.95. The fourth-order valence-corrected chi connectivity index (χ4v) is 3.96. The van der Waals surface area contributed by atoms with Crippen LogP contribution in [0, 0.1) is 0 Å². The number of nitrogens with one attached hydrogen (secondary N) is 2. The van der Waals surface area contributed by atoms with Gasteiger partial charge in [0.25, 0.3) is 5.91 Å². The SMILES string of the molecule is COc1ccccc1NC(=O)C1=C(C)Nc2nc(-c3cccnc3)nn2[C@@H]1c1ccc(O)cc1. The number of phenols is 1. The summed E-state index contributed by atoms with van der Waals surface area (Å²) in [6.45, 7) is 1.83. The molecule has 1 atom stereocenters. The van der Waals surface area contributed by atoms with Crippen molar-refractivity contribution >= 4 is 17.5 Å². The average molecular weight is 454 g/mol. The third kappa shape index (κ3) is 3.83. The van der Waals surface area contributed by atoms with Gasteiger partial charge in [0.15, 0.2) is 5.82 Å². The van der Waals surface area contributed by atoms with Crippen LogP contribution >= 0.6 is 0 Å². The molecule has 3 N–H and O–H groups in total. The van der Waals surface area contributed by atoms with Gasteiger partial charge in [0.2, 0.25) is 5.95 Å². The van der Waals surface area contributed by atoms with Crippen LogP contribution in [0.15, 0.2) is 84.3 Å². The maximum atomic E-state index is 13.6. The summed E-state index contributed by atoms with van der Waals surface area (Å²) in [6, 6.07) is 17.0. The van der Waals surface area contributed by atoms with Crippen LogP contribution in [0.1, 0.15) is 18.5 Å². The number of anilines is 2. The summed E-state index contributed by atoms with van der Waals surface area (Å²) in [4.78, 5) is 22.4. The van der Waals surface area contributed by atoms with E-state index in [1.807, 2.05) is 31.2 Å². The number of amides is 1. The van der Waals surface area contributed by atoms with Gasteiger partial charge in [-0.1, -0.05) is 24.3 Å². The molecule has 0 bridgehead atoms. The molecule has 1 amide bonds. The number of carbonyl (C=O) groups is 1. The van der Waals surface area contributed by atoms with Crippen molar-refractivity contribution < 1.29 is 14.6 Å². The minimum absolute atomic E-state index is 0.133. The number of carbonyl (C=O) groups excluding carboxylic acids is 1. The van der Waals surface area contributed by atoms with Crippen LogP contribution < -0.4 is 15.4 Å². The molecule has 9 heteroatoms. The number of pyridine rings is 1. The van der Waals surface area contributed by atoms with E-state index in [1.54, 1.807) is 60.6 Å². The predicted octanol–water partition coefficient (Wildman–Crippen LogP) is 3.98. The van der Waals surface area contributed by atoms with E-state index in [-0.39, 0.29) is 11.7 Å². The lowest BCUT2D eigenvalue weighted by Gasteiger charge is -2.28. The van der Waals surface area contributed by atoms with Gasteiger partial charge in [-0.2, -0.15) is 4.98 Å². The van der Waals surface area contributed by atoms with Crippen molar-refractivity contribution in [2.75, 3.05) is 17.7 Å². The normalized spacial score (nSPS) is 14.8. The van der Waals surface area contributed by atoms with Gasteiger partial charge in [0.05, 0.1) is 18.4 Å². The average Bonchev–Trinajstić information content (AvgIpc) is 3.28. The number of fused-ring (bicyclic) bond motifs is 1. The molecule has 34 heavy (non-hydrogen) atoms. The molecule has 0 unspecified atom stereocenters. The Balaban J connectivity index is 1.60. The Hall–Kier alpha value is -4.66. The van der Waals surface area contributed by atoms with Gasteiger partial charge in [-0.3, -0.25) is 9.78 Å². The van der Waals surface area contributed by atoms with Crippen molar-refractivity contribution in [3.8, 4) is 22.9 Å². The number of aromatic hydroxyl groups is 1. The number of aromatic nitrogens is 4. The standard InChI is InChI=1S/C25H22N6O3/c1-15-21(24(33)28-19-7-3-4-8-20(19)34-2)22(16-9-11-18(32)12-10-16)31-25(27-15)29-23(30-31)17-6-5-13-26-14-17/h3-14,22,32H,1-2H3,(H,28,33)(H,27,29,30)/t22-/m1/s1. The Bertz CT molecular complexity index is 1380. The lowest BCUT2D eigenvalue weighted by Crippen LogP contribution is -2.31. The molecular formula is C25H22N6O3. The third-order valence-electron chi connectivity index (χ3n) is 5.58. The molecule has 0 fully saturated rings. The quantitative estimate of drug-likeness (QED) is 0.418. The number of methoxy groups -OCH3 is 1. The second-order valence-corrected chi connectivity index (χ2v) is 7.76. The third-order valence-corrected chi connectivity index (χ3v) is 5.58. The summed E-state index contributed by atoms with van der Waals surface area (Å²) < 4.78 is 7.07. The molecule has 0 saturated heterocycles. The number of ether oxygens (including phenoxy) is 1. The van der Waals surface area contributed by atoms with E-state index < -0.39 is 6.04 Å². The van der Waals surface area contributed by atoms with Crippen LogP contribution in [0.2, 0.25) is 0 Å². The van der Waals surface area contributed by atoms with Crippen LogP contribution in [-0.4, -0.2) is 37.9 Å². The Kier molecular flexibility index (Phi) is 5.43. The molecule has 9 nitrogen and oxygen atoms in total. The van der Waals surface area contributed by atoms with Gasteiger partial charge in [-0.05, 0) is 48.9 Å². The summed E-state index contributed by atoms with van der Waals surface area (Å²) >= 11 is 0. The van der Waals surface area contributed by atoms with Crippen molar-refractivity contribution in [3.63, 3.8) is 0 Å². The van der Waals surface area contributed by atoms with E-state index >= 15 is 0 Å². The minimum atomic E-state index is -0.579. The molecule has 0 saturated carbocycles. The molecule has 0 radical (unpaired) electrons. The summed E-state index contributed by atoms with van der Waals surface area (Å²) in [5.41, 5.74) is 3.19. The van der Waals surface area contributed by atoms with Crippen LogP contribution in [0.3, 0.4) is 0 Å². The second-order valence-electron chi connectivity index (χ2n) is 7.76. The van der Waals surface area contributed by atoms with Crippen LogP contribution in [0.5, 0.6) is 11.5 Å². The number of nitrogens with zero attached hydrogens (tertiary/aromatic N) is 4. The number of allylic oxidation sites excluding steroid dienone is 1. The number of benzene rings is 2. The zero-order valence-corrected chi connectivity index (χ0v) is 18.6. The molecule has 1 aliphatic heterocycles. The molecule has 2 aromatic heterocycles. The van der Waals surface area contributed by atoms with Crippen LogP contribution in [-0.2, 0) is 4.79 Å². The number of phenolic OH excluding ortho intramolecular Hbond substituents is 1. The summed E-state index contributed by atoms with van der Waals surface area (Å²) in [5.74, 6) is 1.37. The first-order chi connectivity index (χ1) is 16.5. The zero-order valence-electron chi connectivity index (χ0n) is 18.6. The molecule has 1 aliphatic rings. The summed E-state index contributed by atoms with van der Waals surface area (Å²) in [6.07, 6.45) is 3.37. The lowest BCUT2D eigenvalue weighted by molar-refractivity contribution is -0.113. The molecule has 2 aromatic carbocycles. The Morgan fingerprint density at radius 2 is 1.91 bits per heavy atom. The molecule has 170 valence electrons. The summed E-state index contributed by atoms with van der Waals surface area (Å²) in [5, 5.41) is 20.7. The number of para-hydroxylation sites is 2. The fraction of sp³-hybridized carbons (Fsp3) is 0.120. The number of rotatable bonds is 5. The van der Waals surface area contributed by atoms with Gasteiger partial charge < -0.3 is 20.5 Å². The molecule has 5 rings (SSSR count). The van der Waals surface area contributed by atoms with Crippen LogP contribution in [0.4, 0.5) is 11.6 Å². The fourth-order valence-electron chi connectivity index (χ4n) is 3.96. The minimum Gasteiger partial charge on any atom is -0.508 e. The first-order valence-electron chi connectivity index (χ1n) is 10.6. The van der Waals surface area contributed by atoms with Gasteiger partial charge in [-0.15, -0.1) is 5.10 Å². The smallest absolute Gasteiger partial charge is 0.255 e. The van der Waals surface area contributed by atoms with E-state index in [9.17, 15) is 9.90 Å². The monoisotopic (exact) mass is 454 g/mol. The van der Waals surface area contributed by atoms with Crippen molar-refractivity contribution in [2.24, 2.45) is 0 Å². The first kappa shape index (κ1) is 21.2. The van der Waals surface area contributed by atoms with Crippen molar-refractivity contribution in [2.45, 2.75) is 13.0 Å². The molecule has 0 spiro atoms. The molecule has 3 heterocycles. The van der Waals surface area contributed by atoms with Gasteiger partial charge in [0.1, 0.15) is 17.5 Å². The topological polar surface area (TPSA) is 114 Å². The maximum Gasteiger partial charge on any atom is 0.255 e. The highest BCUT2D eigenvalue weighted by Crippen LogP contribution is 2.37. The summed E-state index contributed by atoms with van der Waals surface area (Å²) in [7, 11) is 1.55. The van der Waals surface area contributed by atoms with Gasteiger partial charge in [-0.25, -0.2) is 4.68 Å². The molecule has 4 aromatic rings. The van der Waals surface area contributed by atoms with Gasteiger partial charge in [0, 0.05) is 23.7 Å². The highest BCUT2D eigenvalue weighted by atomic mass is 16.5. The predicted molar refractivity (Wildman–Crippen MR) is 127 cm³/mol. The maximum absolute atomic E-state index is 13.6. The van der Waals surface area contributed by atoms with E-state index in [1.165, 1.54) is 0 Å². The van der Waals surface area contributed by atoms with Crippen molar-refractivity contribution in [1.29, 1.82) is 0 Å². The highest BCUT2D eigenvalue weighted by Gasteiger charge is 2.34. The number of hydrogen-bond acceptors (Lipinski definition) is 7. The number of hydrogen-bond donors (Lipinski definition) is 3. The highest BCUT2D eigenvalue weighted by molar-refractivity contribution is 6.06. The van der Waals surface area contributed by atoms with Crippen molar-refractivity contribution in [3.05, 3.63) is 89.9 Å². The molecule has 0 aliphatic carbocycles. The Morgan fingerprint density at radius 1 is 1.12 bits per heavy atom. The largest absolute Gasteiger partial charge is 0.508 e. The zero-order chi connectivity index (χ0) is 23.7. The first-order valence-corrected chi connectivity index (χ1v) is 10.6. The van der Waals surface area contributed by atoms with Crippen LogP contribution in [0.25, 0.3) is 11.4 Å². The van der Waals surface area contributed by atoms with E-state index in [4.69, 9.17) is 9.84 Å². The second kappa shape index (κ2) is 8.70. The van der Waals surface area contributed by atoms with E-state index in [0.29, 0.717) is 34.5 Å². The van der Waals surface area contributed by atoms with E-state index in [2.05, 4.69) is 20.6 Å². The molecular weight excluding hydrogens is 432 g/mol. The Morgan fingerprint density at radius 3 is 2.65 bits per heavy atom. The van der Waals surface area contributed by atoms with E-state index in [0.717, 1.165) is 11.1 Å².